The first-order valence-electron chi connectivity index (χ1n) is 6.46. The van der Waals surface area contributed by atoms with E-state index in [0.29, 0.717) is 26.2 Å². The molecule has 0 N–H and O–H groups in total. The maximum Gasteiger partial charge on any atom is 0.274 e. The molecule has 1 aliphatic heterocycles. The molecule has 7 nitrogen and oxygen atoms in total. The molecule has 1 aromatic rings. The van der Waals surface area contributed by atoms with Gasteiger partial charge in [0.05, 0.1) is 18.5 Å². The summed E-state index contributed by atoms with van der Waals surface area (Å²) in [7, 11) is 1.60. The molecule has 7 heteroatoms. The molecule has 0 unspecified atom stereocenters. The SMILES string of the molecule is COCCN1CCN(C(=O)c2cnc(C)cn2)CC1=O. The molecule has 1 aromatic heterocycles. The van der Waals surface area contributed by atoms with E-state index in [2.05, 4.69) is 9.97 Å². The zero-order valence-electron chi connectivity index (χ0n) is 11.7. The average Bonchev–Trinajstić information content (AvgIpc) is 2.46. The van der Waals surface area contributed by atoms with E-state index < -0.39 is 0 Å². The lowest BCUT2D eigenvalue weighted by Crippen LogP contribution is -2.53. The van der Waals surface area contributed by atoms with Gasteiger partial charge in [-0.25, -0.2) is 4.98 Å². The largest absolute Gasteiger partial charge is 0.383 e. The molecule has 0 bridgehead atoms. The van der Waals surface area contributed by atoms with Gasteiger partial charge in [-0.05, 0) is 6.92 Å². The van der Waals surface area contributed by atoms with Crippen molar-refractivity contribution < 1.29 is 14.3 Å². The summed E-state index contributed by atoms with van der Waals surface area (Å²) in [5.74, 6) is -0.320. The topological polar surface area (TPSA) is 75.6 Å². The predicted octanol–water partition coefficient (Wildman–Crippen LogP) is -0.284. The van der Waals surface area contributed by atoms with Crippen molar-refractivity contribution in [2.45, 2.75) is 6.92 Å². The van der Waals surface area contributed by atoms with Crippen LogP contribution in [0.2, 0.25) is 0 Å². The van der Waals surface area contributed by atoms with Gasteiger partial charge in [-0.15, -0.1) is 0 Å². The Morgan fingerprint density at radius 3 is 2.75 bits per heavy atom. The Labute approximate surface area is 117 Å². The van der Waals surface area contributed by atoms with Crippen LogP contribution in [0.3, 0.4) is 0 Å². The summed E-state index contributed by atoms with van der Waals surface area (Å²) in [6, 6.07) is 0. The van der Waals surface area contributed by atoms with Crippen LogP contribution in [-0.4, -0.2) is 71.5 Å². The van der Waals surface area contributed by atoms with Gasteiger partial charge in [-0.2, -0.15) is 0 Å². The van der Waals surface area contributed by atoms with Gasteiger partial charge in [0.2, 0.25) is 5.91 Å². The molecular weight excluding hydrogens is 260 g/mol. The van der Waals surface area contributed by atoms with E-state index in [1.165, 1.54) is 11.1 Å². The Kier molecular flexibility index (Phi) is 4.62. The zero-order chi connectivity index (χ0) is 14.5. The number of carbonyl (C=O) groups excluding carboxylic acids is 2. The molecule has 1 fully saturated rings. The second kappa shape index (κ2) is 6.42. The molecule has 1 aliphatic rings. The molecule has 0 spiro atoms. The Morgan fingerprint density at radius 1 is 1.35 bits per heavy atom. The van der Waals surface area contributed by atoms with Gasteiger partial charge in [0.1, 0.15) is 12.2 Å². The van der Waals surface area contributed by atoms with Gasteiger partial charge < -0.3 is 14.5 Å². The summed E-state index contributed by atoms with van der Waals surface area (Å²) in [6.45, 7) is 3.97. The Bertz CT molecular complexity index is 489. The molecule has 0 aromatic carbocycles. The van der Waals surface area contributed by atoms with Gasteiger partial charge in [-0.1, -0.05) is 0 Å². The van der Waals surface area contributed by atoms with Crippen molar-refractivity contribution in [3.05, 3.63) is 23.8 Å². The summed E-state index contributed by atoms with van der Waals surface area (Å²) in [4.78, 5) is 35.4. The van der Waals surface area contributed by atoms with Crippen LogP contribution in [0.5, 0.6) is 0 Å². The molecular formula is C13H18N4O3. The standard InChI is InChI=1S/C13H18N4O3/c1-10-7-15-11(8-14-10)13(19)17-4-3-16(5-6-20-2)12(18)9-17/h7-8H,3-6,9H2,1-2H3. The van der Waals surface area contributed by atoms with Gasteiger partial charge >= 0.3 is 0 Å². The van der Waals surface area contributed by atoms with Crippen molar-refractivity contribution in [1.29, 1.82) is 0 Å². The molecule has 2 rings (SSSR count). The third-order valence-electron chi connectivity index (χ3n) is 3.17. The highest BCUT2D eigenvalue weighted by Crippen LogP contribution is 2.07. The van der Waals surface area contributed by atoms with Crippen molar-refractivity contribution in [3.8, 4) is 0 Å². The van der Waals surface area contributed by atoms with Crippen molar-refractivity contribution in [2.75, 3.05) is 39.9 Å². The normalized spacial score (nSPS) is 15.6. The number of methoxy groups -OCH3 is 1. The number of aryl methyl sites for hydroxylation is 1. The van der Waals surface area contributed by atoms with Crippen LogP contribution in [0.25, 0.3) is 0 Å². The summed E-state index contributed by atoms with van der Waals surface area (Å²) >= 11 is 0. The maximum absolute atomic E-state index is 12.2. The maximum atomic E-state index is 12.2. The zero-order valence-corrected chi connectivity index (χ0v) is 11.7. The molecule has 20 heavy (non-hydrogen) atoms. The number of piperazine rings is 1. The van der Waals surface area contributed by atoms with Gasteiger partial charge in [0.25, 0.3) is 5.91 Å². The van der Waals surface area contributed by atoms with Crippen LogP contribution in [0.1, 0.15) is 16.2 Å². The minimum Gasteiger partial charge on any atom is -0.383 e. The molecule has 0 atom stereocenters. The van der Waals surface area contributed by atoms with Crippen LogP contribution >= 0.6 is 0 Å². The Hall–Kier alpha value is -2.02. The number of carbonyl (C=O) groups is 2. The van der Waals surface area contributed by atoms with Gasteiger partial charge in [-0.3, -0.25) is 14.6 Å². The van der Waals surface area contributed by atoms with E-state index in [1.54, 1.807) is 25.1 Å². The first-order valence-corrected chi connectivity index (χ1v) is 6.46. The Morgan fingerprint density at radius 2 is 2.15 bits per heavy atom. The fraction of sp³-hybridized carbons (Fsp3) is 0.538. The molecule has 0 saturated carbocycles. The van der Waals surface area contributed by atoms with Crippen LogP contribution in [0, 0.1) is 6.92 Å². The van der Waals surface area contributed by atoms with Crippen LogP contribution in [-0.2, 0) is 9.53 Å². The molecule has 0 radical (unpaired) electrons. The number of amides is 2. The minimum absolute atomic E-state index is 0.0679. The van der Waals surface area contributed by atoms with Crippen molar-refractivity contribution in [3.63, 3.8) is 0 Å². The minimum atomic E-state index is -0.253. The highest BCUT2D eigenvalue weighted by atomic mass is 16.5. The molecule has 2 amide bonds. The van der Waals surface area contributed by atoms with E-state index >= 15 is 0 Å². The average molecular weight is 278 g/mol. The van der Waals surface area contributed by atoms with E-state index in [0.717, 1.165) is 5.69 Å². The second-order valence-electron chi connectivity index (χ2n) is 4.64. The fourth-order valence-electron chi connectivity index (χ4n) is 1.98. The summed E-state index contributed by atoms with van der Waals surface area (Å²) < 4.78 is 4.96. The van der Waals surface area contributed by atoms with Crippen LogP contribution < -0.4 is 0 Å². The molecule has 2 heterocycles. The first-order chi connectivity index (χ1) is 9.61. The molecule has 0 aliphatic carbocycles. The predicted molar refractivity (Wildman–Crippen MR) is 71.1 cm³/mol. The highest BCUT2D eigenvalue weighted by Gasteiger charge is 2.28. The fourth-order valence-corrected chi connectivity index (χ4v) is 1.98. The lowest BCUT2D eigenvalue weighted by atomic mass is 10.2. The van der Waals surface area contributed by atoms with E-state index in [-0.39, 0.29) is 24.1 Å². The van der Waals surface area contributed by atoms with Crippen molar-refractivity contribution in [1.82, 2.24) is 19.8 Å². The lowest BCUT2D eigenvalue weighted by Gasteiger charge is -2.33. The number of hydrogen-bond donors (Lipinski definition) is 0. The molecule has 108 valence electrons. The third kappa shape index (κ3) is 3.30. The second-order valence-corrected chi connectivity index (χ2v) is 4.64. The summed E-state index contributed by atoms with van der Waals surface area (Å²) in [5.41, 5.74) is 1.02. The van der Waals surface area contributed by atoms with Crippen molar-refractivity contribution in [2.24, 2.45) is 0 Å². The van der Waals surface area contributed by atoms with Crippen LogP contribution in [0.15, 0.2) is 12.4 Å². The van der Waals surface area contributed by atoms with Crippen LogP contribution in [0.4, 0.5) is 0 Å². The number of hydrogen-bond acceptors (Lipinski definition) is 5. The van der Waals surface area contributed by atoms with E-state index in [9.17, 15) is 9.59 Å². The summed E-state index contributed by atoms with van der Waals surface area (Å²) in [5, 5.41) is 0. The third-order valence-corrected chi connectivity index (χ3v) is 3.17. The smallest absolute Gasteiger partial charge is 0.274 e. The first kappa shape index (κ1) is 14.4. The monoisotopic (exact) mass is 278 g/mol. The van der Waals surface area contributed by atoms with E-state index in [4.69, 9.17) is 4.74 Å². The molecule has 1 saturated heterocycles. The van der Waals surface area contributed by atoms with E-state index in [1.807, 2.05) is 0 Å². The number of ether oxygens (including phenoxy) is 1. The lowest BCUT2D eigenvalue weighted by molar-refractivity contribution is -0.135. The van der Waals surface area contributed by atoms with Crippen molar-refractivity contribution >= 4 is 11.8 Å². The quantitative estimate of drug-likeness (QED) is 0.757. The van der Waals surface area contributed by atoms with Gasteiger partial charge in [0.15, 0.2) is 0 Å². The highest BCUT2D eigenvalue weighted by molar-refractivity contribution is 5.95. The number of rotatable bonds is 4. The Balaban J connectivity index is 1.96. The van der Waals surface area contributed by atoms with Gasteiger partial charge in [0, 0.05) is 32.9 Å². The number of nitrogens with zero attached hydrogens (tertiary/aromatic N) is 4. The summed E-state index contributed by atoms with van der Waals surface area (Å²) in [6.07, 6.45) is 2.99. The number of aromatic nitrogens is 2.